The Morgan fingerprint density at radius 3 is 2.53 bits per heavy atom. The zero-order valence-electron chi connectivity index (χ0n) is 12.1. The van der Waals surface area contributed by atoms with Crippen LogP contribution in [0.25, 0.3) is 0 Å². The number of piperidine rings is 1. The van der Waals surface area contributed by atoms with Crippen molar-refractivity contribution in [1.29, 1.82) is 0 Å². The number of carbonyl (C=O) groups is 1. The van der Waals surface area contributed by atoms with Crippen LogP contribution in [0.3, 0.4) is 0 Å². The molecule has 2 aliphatic rings. The standard InChI is InChI=1S/C14H27N3O2/c1-2-16-8-10-17(11-9-16)14(18)5-12-19-13-3-6-15-7-4-13/h13,15H,2-12H2,1H3. The molecule has 0 radical (unpaired) electrons. The monoisotopic (exact) mass is 269 g/mol. The molecule has 2 fully saturated rings. The number of rotatable bonds is 5. The first-order chi connectivity index (χ1) is 9.29. The van der Waals surface area contributed by atoms with Crippen LogP contribution in [0, 0.1) is 0 Å². The molecule has 0 aromatic heterocycles. The van der Waals surface area contributed by atoms with Gasteiger partial charge in [0.25, 0.3) is 0 Å². The Hall–Kier alpha value is -0.650. The van der Waals surface area contributed by atoms with E-state index in [9.17, 15) is 4.79 Å². The highest BCUT2D eigenvalue weighted by atomic mass is 16.5. The van der Waals surface area contributed by atoms with Crippen molar-refractivity contribution in [3.05, 3.63) is 0 Å². The zero-order valence-corrected chi connectivity index (χ0v) is 12.1. The van der Waals surface area contributed by atoms with Crippen LogP contribution in [0.1, 0.15) is 26.2 Å². The summed E-state index contributed by atoms with van der Waals surface area (Å²) in [6.07, 6.45) is 3.04. The van der Waals surface area contributed by atoms with Gasteiger partial charge in [0.1, 0.15) is 0 Å². The molecule has 19 heavy (non-hydrogen) atoms. The number of nitrogens with zero attached hydrogens (tertiary/aromatic N) is 2. The van der Waals surface area contributed by atoms with Crippen LogP contribution in [-0.4, -0.2) is 74.2 Å². The predicted octanol–water partition coefficient (Wildman–Crippen LogP) is 0.309. The lowest BCUT2D eigenvalue weighted by molar-refractivity contribution is -0.134. The molecule has 0 aliphatic carbocycles. The fraction of sp³-hybridized carbons (Fsp3) is 0.929. The van der Waals surface area contributed by atoms with Crippen molar-refractivity contribution in [3.8, 4) is 0 Å². The van der Waals surface area contributed by atoms with Gasteiger partial charge in [0.15, 0.2) is 0 Å². The summed E-state index contributed by atoms with van der Waals surface area (Å²) in [4.78, 5) is 16.4. The van der Waals surface area contributed by atoms with Crippen molar-refractivity contribution in [1.82, 2.24) is 15.1 Å². The van der Waals surface area contributed by atoms with Crippen LogP contribution < -0.4 is 5.32 Å². The van der Waals surface area contributed by atoms with Gasteiger partial charge in [-0.2, -0.15) is 0 Å². The first-order valence-electron chi connectivity index (χ1n) is 7.62. The normalized spacial score (nSPS) is 22.7. The lowest BCUT2D eigenvalue weighted by atomic mass is 10.1. The average Bonchev–Trinajstić information content (AvgIpc) is 2.48. The van der Waals surface area contributed by atoms with Gasteiger partial charge in [-0.3, -0.25) is 4.79 Å². The largest absolute Gasteiger partial charge is 0.378 e. The molecule has 1 N–H and O–H groups in total. The third-order valence-electron chi connectivity index (χ3n) is 4.13. The third-order valence-corrected chi connectivity index (χ3v) is 4.13. The van der Waals surface area contributed by atoms with Crippen LogP contribution in [0.4, 0.5) is 0 Å². The second-order valence-corrected chi connectivity index (χ2v) is 5.39. The van der Waals surface area contributed by atoms with Gasteiger partial charge < -0.3 is 19.9 Å². The van der Waals surface area contributed by atoms with Gasteiger partial charge in [0.05, 0.1) is 19.1 Å². The van der Waals surface area contributed by atoms with E-state index in [1.54, 1.807) is 0 Å². The molecule has 1 amide bonds. The van der Waals surface area contributed by atoms with Crippen LogP contribution in [-0.2, 0) is 9.53 Å². The molecule has 0 aromatic rings. The van der Waals surface area contributed by atoms with Crippen molar-refractivity contribution >= 4 is 5.91 Å². The molecule has 2 heterocycles. The smallest absolute Gasteiger partial charge is 0.224 e. The Bertz CT molecular complexity index is 272. The van der Waals surface area contributed by atoms with E-state index in [4.69, 9.17) is 4.74 Å². The minimum Gasteiger partial charge on any atom is -0.378 e. The number of hydrogen-bond acceptors (Lipinski definition) is 4. The van der Waals surface area contributed by atoms with Gasteiger partial charge in [-0.15, -0.1) is 0 Å². The van der Waals surface area contributed by atoms with E-state index in [1.807, 2.05) is 4.90 Å². The number of likely N-dealkylation sites (N-methyl/N-ethyl adjacent to an activating group) is 1. The highest BCUT2D eigenvalue weighted by Crippen LogP contribution is 2.09. The lowest BCUT2D eigenvalue weighted by Crippen LogP contribution is -2.48. The summed E-state index contributed by atoms with van der Waals surface area (Å²) in [5, 5.41) is 3.32. The molecule has 0 aromatic carbocycles. The number of amides is 1. The summed E-state index contributed by atoms with van der Waals surface area (Å²) in [5.41, 5.74) is 0. The van der Waals surface area contributed by atoms with E-state index in [-0.39, 0.29) is 5.91 Å². The third kappa shape index (κ3) is 4.75. The lowest BCUT2D eigenvalue weighted by Gasteiger charge is -2.34. The molecule has 0 atom stereocenters. The molecule has 5 heteroatoms. The molecule has 2 rings (SSSR count). The molecule has 110 valence electrons. The van der Waals surface area contributed by atoms with Crippen molar-refractivity contribution < 1.29 is 9.53 Å². The summed E-state index contributed by atoms with van der Waals surface area (Å²) in [6.45, 7) is 9.69. The maximum absolute atomic E-state index is 12.0. The van der Waals surface area contributed by atoms with Crippen LogP contribution in [0.15, 0.2) is 0 Å². The van der Waals surface area contributed by atoms with Crippen molar-refractivity contribution in [2.75, 3.05) is 52.4 Å². The summed E-state index contributed by atoms with van der Waals surface area (Å²) in [7, 11) is 0. The maximum Gasteiger partial charge on any atom is 0.224 e. The topological polar surface area (TPSA) is 44.8 Å². The summed E-state index contributed by atoms with van der Waals surface area (Å²) in [5.74, 6) is 0.254. The Balaban J connectivity index is 1.59. The SMILES string of the molecule is CCN1CCN(C(=O)CCOC2CCNCC2)CC1. The Morgan fingerprint density at radius 2 is 1.89 bits per heavy atom. The quantitative estimate of drug-likeness (QED) is 0.780. The highest BCUT2D eigenvalue weighted by Gasteiger charge is 2.20. The Morgan fingerprint density at radius 1 is 1.21 bits per heavy atom. The van der Waals surface area contributed by atoms with Crippen LogP contribution in [0.2, 0.25) is 0 Å². The van der Waals surface area contributed by atoms with E-state index in [0.29, 0.717) is 19.1 Å². The molecule has 0 bridgehead atoms. The fourth-order valence-electron chi connectivity index (χ4n) is 2.75. The van der Waals surface area contributed by atoms with Crippen molar-refractivity contribution in [2.45, 2.75) is 32.3 Å². The molecule has 0 saturated carbocycles. The maximum atomic E-state index is 12.0. The molecule has 0 unspecified atom stereocenters. The number of carbonyl (C=O) groups excluding carboxylic acids is 1. The molecular formula is C14H27N3O2. The molecular weight excluding hydrogens is 242 g/mol. The minimum absolute atomic E-state index is 0.254. The number of nitrogens with one attached hydrogen (secondary N) is 1. The molecule has 0 spiro atoms. The van der Waals surface area contributed by atoms with Gasteiger partial charge in [-0.1, -0.05) is 6.92 Å². The number of piperazine rings is 1. The van der Waals surface area contributed by atoms with Gasteiger partial charge in [-0.25, -0.2) is 0 Å². The second kappa shape index (κ2) is 7.82. The van der Waals surface area contributed by atoms with E-state index in [2.05, 4.69) is 17.1 Å². The summed E-state index contributed by atoms with van der Waals surface area (Å²) >= 11 is 0. The van der Waals surface area contributed by atoms with Gasteiger partial charge in [-0.05, 0) is 32.5 Å². The second-order valence-electron chi connectivity index (χ2n) is 5.39. The van der Waals surface area contributed by atoms with Crippen molar-refractivity contribution in [3.63, 3.8) is 0 Å². The first kappa shape index (κ1) is 14.8. The predicted molar refractivity (Wildman–Crippen MR) is 75.2 cm³/mol. The van der Waals surface area contributed by atoms with Crippen molar-refractivity contribution in [2.24, 2.45) is 0 Å². The van der Waals surface area contributed by atoms with Crippen LogP contribution in [0.5, 0.6) is 0 Å². The first-order valence-corrected chi connectivity index (χ1v) is 7.62. The molecule has 5 nitrogen and oxygen atoms in total. The van der Waals surface area contributed by atoms with Gasteiger partial charge in [0.2, 0.25) is 5.91 Å². The minimum atomic E-state index is 0.254. The highest BCUT2D eigenvalue weighted by molar-refractivity contribution is 5.76. The number of hydrogen-bond donors (Lipinski definition) is 1. The van der Waals surface area contributed by atoms with Gasteiger partial charge in [0, 0.05) is 26.2 Å². The molecule has 2 aliphatic heterocycles. The van der Waals surface area contributed by atoms with E-state index >= 15 is 0 Å². The van der Waals surface area contributed by atoms with Crippen LogP contribution >= 0.6 is 0 Å². The Kier molecular flexibility index (Phi) is 6.07. The molecule has 2 saturated heterocycles. The zero-order chi connectivity index (χ0) is 13.5. The van der Waals surface area contributed by atoms with E-state index in [0.717, 1.165) is 58.7 Å². The summed E-state index contributed by atoms with van der Waals surface area (Å²) < 4.78 is 5.79. The average molecular weight is 269 g/mol. The van der Waals surface area contributed by atoms with Gasteiger partial charge >= 0.3 is 0 Å². The fourth-order valence-corrected chi connectivity index (χ4v) is 2.75. The van der Waals surface area contributed by atoms with E-state index in [1.165, 1.54) is 0 Å². The summed E-state index contributed by atoms with van der Waals surface area (Å²) in [6, 6.07) is 0. The number of ether oxygens (including phenoxy) is 1. The van der Waals surface area contributed by atoms with E-state index < -0.39 is 0 Å². The Labute approximate surface area is 116 Å².